The van der Waals surface area contributed by atoms with E-state index in [0.717, 1.165) is 17.0 Å². The van der Waals surface area contributed by atoms with Gasteiger partial charge in [0.25, 0.3) is 11.7 Å². The molecule has 11 heteroatoms. The van der Waals surface area contributed by atoms with Gasteiger partial charge in [0, 0.05) is 17.3 Å². The van der Waals surface area contributed by atoms with Gasteiger partial charge in [-0.25, -0.2) is 0 Å². The van der Waals surface area contributed by atoms with Gasteiger partial charge in [-0.05, 0) is 48.0 Å². The number of hydrogen-bond donors (Lipinski definition) is 2. The fraction of sp³-hybridized carbons (Fsp3) is 0.120. The summed E-state index contributed by atoms with van der Waals surface area (Å²) in [4.78, 5) is 27.3. The fourth-order valence-corrected chi connectivity index (χ4v) is 4.10. The minimum absolute atomic E-state index is 0.0201. The molecule has 2 N–H and O–H groups in total. The molecule has 36 heavy (non-hydrogen) atoms. The highest BCUT2D eigenvalue weighted by atomic mass is 19.4. The second-order valence-electron chi connectivity index (χ2n) is 7.87. The van der Waals surface area contributed by atoms with E-state index >= 15 is 0 Å². The number of aliphatic hydroxyl groups is 1. The number of carbonyl (C=O) groups is 2. The zero-order valence-corrected chi connectivity index (χ0v) is 18.2. The summed E-state index contributed by atoms with van der Waals surface area (Å²) >= 11 is 0. The third kappa shape index (κ3) is 4.15. The first kappa shape index (κ1) is 23.1. The number of halogens is 3. The highest BCUT2D eigenvalue weighted by Crippen LogP contribution is 2.44. The number of alkyl halides is 3. The third-order valence-corrected chi connectivity index (χ3v) is 5.63. The summed E-state index contributed by atoms with van der Waals surface area (Å²) in [6.07, 6.45) is -4.97. The van der Waals surface area contributed by atoms with Crippen molar-refractivity contribution in [3.63, 3.8) is 0 Å². The smallest absolute Gasteiger partial charge is 0.508 e. The van der Waals surface area contributed by atoms with Gasteiger partial charge < -0.3 is 24.4 Å². The number of anilines is 1. The summed E-state index contributed by atoms with van der Waals surface area (Å²) in [7, 11) is 0. The van der Waals surface area contributed by atoms with Gasteiger partial charge in [0.1, 0.15) is 17.3 Å². The number of hydrogen-bond acceptors (Lipinski definition) is 7. The number of phenolic OH excluding ortho intramolecular Hbond substituents is 1. The van der Waals surface area contributed by atoms with Crippen molar-refractivity contribution >= 4 is 23.1 Å². The molecule has 3 aromatic rings. The number of aliphatic hydroxyl groups excluding tert-OH is 1. The van der Waals surface area contributed by atoms with Crippen molar-refractivity contribution in [1.82, 2.24) is 0 Å². The van der Waals surface area contributed by atoms with Crippen molar-refractivity contribution in [3.8, 4) is 23.0 Å². The molecule has 1 fully saturated rings. The zero-order chi connectivity index (χ0) is 25.6. The van der Waals surface area contributed by atoms with Gasteiger partial charge in [-0.3, -0.25) is 14.5 Å². The van der Waals surface area contributed by atoms with E-state index in [-0.39, 0.29) is 29.4 Å². The number of fused-ring (bicyclic) bond motifs is 1. The van der Waals surface area contributed by atoms with Crippen LogP contribution in [0.3, 0.4) is 0 Å². The summed E-state index contributed by atoms with van der Waals surface area (Å²) in [5.74, 6) is -2.57. The van der Waals surface area contributed by atoms with Gasteiger partial charge >= 0.3 is 6.36 Å². The number of ketones is 1. The summed E-state index contributed by atoms with van der Waals surface area (Å²) in [6.45, 7) is -0.0201. The van der Waals surface area contributed by atoms with E-state index in [0.29, 0.717) is 17.1 Å². The van der Waals surface area contributed by atoms with Crippen LogP contribution < -0.4 is 19.1 Å². The molecular formula is C25H16F3NO7. The lowest BCUT2D eigenvalue weighted by Gasteiger charge is -2.26. The van der Waals surface area contributed by atoms with Crippen molar-refractivity contribution in [2.45, 2.75) is 12.4 Å². The Kier molecular flexibility index (Phi) is 5.47. The summed E-state index contributed by atoms with van der Waals surface area (Å²) in [6, 6.07) is 13.3. The maximum atomic E-state index is 13.2. The van der Waals surface area contributed by atoms with E-state index in [1.54, 1.807) is 0 Å². The Balaban J connectivity index is 1.66. The lowest BCUT2D eigenvalue weighted by molar-refractivity contribution is -0.274. The van der Waals surface area contributed by atoms with Crippen molar-refractivity contribution in [1.29, 1.82) is 0 Å². The third-order valence-electron chi connectivity index (χ3n) is 5.63. The standard InChI is InChI=1S/C25H16F3NO7/c26-25(27,28)36-17-3-1-2-15(11-17)29-21(13-4-7-16(30)8-5-13)20(23(32)24(29)33)22(31)14-6-9-18-19(10-14)35-12-34-18/h1-11,21,30-31H,12H2/b22-20-. The van der Waals surface area contributed by atoms with E-state index in [9.17, 15) is 33.0 Å². The molecule has 184 valence electrons. The minimum atomic E-state index is -4.97. The predicted molar refractivity (Wildman–Crippen MR) is 119 cm³/mol. The Labute approximate surface area is 201 Å². The molecule has 1 unspecified atom stereocenters. The van der Waals surface area contributed by atoms with E-state index in [1.165, 1.54) is 54.6 Å². The topological polar surface area (TPSA) is 106 Å². The van der Waals surface area contributed by atoms with Crippen LogP contribution in [0.5, 0.6) is 23.0 Å². The molecular weight excluding hydrogens is 483 g/mol. The van der Waals surface area contributed by atoms with Crippen molar-refractivity contribution < 1.29 is 47.2 Å². The lowest BCUT2D eigenvalue weighted by Crippen LogP contribution is -2.29. The lowest BCUT2D eigenvalue weighted by atomic mass is 9.95. The van der Waals surface area contributed by atoms with Gasteiger partial charge in [-0.2, -0.15) is 0 Å². The molecule has 1 amide bonds. The molecule has 0 radical (unpaired) electrons. The molecule has 2 heterocycles. The van der Waals surface area contributed by atoms with E-state index in [2.05, 4.69) is 4.74 Å². The monoisotopic (exact) mass is 499 g/mol. The Morgan fingerprint density at radius 3 is 2.42 bits per heavy atom. The minimum Gasteiger partial charge on any atom is -0.508 e. The van der Waals surface area contributed by atoms with Crippen LogP contribution in [-0.4, -0.2) is 35.1 Å². The molecule has 5 rings (SSSR count). The number of Topliss-reactive ketones (excluding diaryl/α,β-unsaturated/α-hetero) is 1. The fourth-order valence-electron chi connectivity index (χ4n) is 4.10. The quantitative estimate of drug-likeness (QED) is 0.306. The second-order valence-corrected chi connectivity index (χ2v) is 7.87. The molecule has 1 saturated heterocycles. The number of phenols is 1. The average molecular weight is 499 g/mol. The SMILES string of the molecule is O=C1C(=O)N(c2cccc(OC(F)(F)F)c2)C(c2ccc(O)cc2)/C1=C(/O)c1ccc2c(c1)OCO2. The van der Waals surface area contributed by atoms with Crippen LogP contribution in [0, 0.1) is 0 Å². The Morgan fingerprint density at radius 1 is 0.972 bits per heavy atom. The second kappa shape index (κ2) is 8.52. The van der Waals surface area contributed by atoms with E-state index < -0.39 is 35.6 Å². The maximum absolute atomic E-state index is 13.2. The molecule has 8 nitrogen and oxygen atoms in total. The van der Waals surface area contributed by atoms with Gasteiger partial charge in [0.2, 0.25) is 6.79 Å². The van der Waals surface area contributed by atoms with Crippen LogP contribution in [0.25, 0.3) is 5.76 Å². The van der Waals surface area contributed by atoms with Crippen LogP contribution >= 0.6 is 0 Å². The number of carbonyl (C=O) groups excluding carboxylic acids is 2. The molecule has 0 aromatic heterocycles. The molecule has 0 spiro atoms. The Bertz CT molecular complexity index is 1400. The zero-order valence-electron chi connectivity index (χ0n) is 18.2. The normalized spacial score (nSPS) is 18.5. The highest BCUT2D eigenvalue weighted by molar-refractivity contribution is 6.51. The summed E-state index contributed by atoms with van der Waals surface area (Å²) in [5.41, 5.74) is 0.111. The largest absolute Gasteiger partial charge is 0.573 e. The van der Waals surface area contributed by atoms with Crippen LogP contribution in [-0.2, 0) is 9.59 Å². The van der Waals surface area contributed by atoms with Crippen molar-refractivity contribution in [3.05, 3.63) is 83.4 Å². The summed E-state index contributed by atoms with van der Waals surface area (Å²) < 4.78 is 52.9. The maximum Gasteiger partial charge on any atom is 0.573 e. The number of nitrogens with zero attached hydrogens (tertiary/aromatic N) is 1. The first-order chi connectivity index (χ1) is 17.1. The molecule has 2 aliphatic heterocycles. The van der Waals surface area contributed by atoms with Gasteiger partial charge in [0.05, 0.1) is 11.6 Å². The van der Waals surface area contributed by atoms with Gasteiger partial charge in [-0.1, -0.05) is 18.2 Å². The van der Waals surface area contributed by atoms with Crippen LogP contribution in [0.4, 0.5) is 18.9 Å². The first-order valence-electron chi connectivity index (χ1n) is 10.5. The molecule has 2 aliphatic rings. The van der Waals surface area contributed by atoms with Crippen LogP contribution in [0.2, 0.25) is 0 Å². The number of ether oxygens (including phenoxy) is 3. The Hall–Kier alpha value is -4.67. The van der Waals surface area contributed by atoms with E-state index in [4.69, 9.17) is 9.47 Å². The van der Waals surface area contributed by atoms with Gasteiger partial charge in [0.15, 0.2) is 11.5 Å². The van der Waals surface area contributed by atoms with Crippen LogP contribution in [0.1, 0.15) is 17.2 Å². The van der Waals surface area contributed by atoms with E-state index in [1.807, 2.05) is 0 Å². The number of rotatable bonds is 4. The molecule has 0 bridgehead atoms. The number of aromatic hydroxyl groups is 1. The average Bonchev–Trinajstić information content (AvgIpc) is 3.40. The summed E-state index contributed by atoms with van der Waals surface area (Å²) in [5, 5.41) is 20.9. The molecule has 3 aromatic carbocycles. The molecule has 1 atom stereocenters. The number of amides is 1. The van der Waals surface area contributed by atoms with Gasteiger partial charge in [-0.15, -0.1) is 13.2 Å². The molecule has 0 saturated carbocycles. The predicted octanol–water partition coefficient (Wildman–Crippen LogP) is 4.65. The van der Waals surface area contributed by atoms with Crippen molar-refractivity contribution in [2.24, 2.45) is 0 Å². The van der Waals surface area contributed by atoms with Crippen LogP contribution in [0.15, 0.2) is 72.3 Å². The first-order valence-corrected chi connectivity index (χ1v) is 10.5. The van der Waals surface area contributed by atoms with Crippen molar-refractivity contribution in [2.75, 3.05) is 11.7 Å². The highest BCUT2D eigenvalue weighted by Gasteiger charge is 2.47. The molecule has 0 aliphatic carbocycles. The number of benzene rings is 3. The Morgan fingerprint density at radius 2 is 1.69 bits per heavy atom.